The van der Waals surface area contributed by atoms with Gasteiger partial charge in [0.1, 0.15) is 6.33 Å². The van der Waals surface area contributed by atoms with Crippen molar-refractivity contribution in [1.29, 1.82) is 0 Å². The summed E-state index contributed by atoms with van der Waals surface area (Å²) >= 11 is 0. The van der Waals surface area contributed by atoms with Gasteiger partial charge in [0, 0.05) is 62.4 Å². The maximum absolute atomic E-state index is 5.48. The van der Waals surface area contributed by atoms with E-state index in [1.807, 2.05) is 30.3 Å². The van der Waals surface area contributed by atoms with Gasteiger partial charge in [-0.1, -0.05) is 12.1 Å². The van der Waals surface area contributed by atoms with Crippen molar-refractivity contribution < 1.29 is 4.74 Å². The van der Waals surface area contributed by atoms with Crippen LogP contribution in [-0.2, 0) is 4.74 Å². The number of anilines is 4. The summed E-state index contributed by atoms with van der Waals surface area (Å²) in [5, 5.41) is 11.3. The van der Waals surface area contributed by atoms with Crippen molar-refractivity contribution in [3.63, 3.8) is 0 Å². The van der Waals surface area contributed by atoms with E-state index in [0.29, 0.717) is 5.95 Å². The Labute approximate surface area is 210 Å². The Bertz CT molecular complexity index is 1290. The summed E-state index contributed by atoms with van der Waals surface area (Å²) in [7, 11) is 0. The first-order valence-electron chi connectivity index (χ1n) is 12.3. The van der Waals surface area contributed by atoms with Crippen LogP contribution in [-0.4, -0.2) is 77.2 Å². The molecule has 6 rings (SSSR count). The van der Waals surface area contributed by atoms with Crippen LogP contribution in [0.1, 0.15) is 0 Å². The quantitative estimate of drug-likeness (QED) is 0.429. The molecule has 0 amide bonds. The summed E-state index contributed by atoms with van der Waals surface area (Å²) < 4.78 is 7.29. The van der Waals surface area contributed by atoms with Crippen LogP contribution in [0.3, 0.4) is 0 Å². The number of nitrogens with one attached hydrogen (secondary N) is 2. The lowest BCUT2D eigenvalue weighted by atomic mass is 10.1. The van der Waals surface area contributed by atoms with Crippen LogP contribution in [0.2, 0.25) is 0 Å². The lowest BCUT2D eigenvalue weighted by Gasteiger charge is -2.29. The number of hydrogen-bond acceptors (Lipinski definition) is 9. The maximum atomic E-state index is 5.48. The summed E-state index contributed by atoms with van der Waals surface area (Å²) in [6, 6.07) is 18.4. The Morgan fingerprint density at radius 1 is 0.833 bits per heavy atom. The molecule has 4 heterocycles. The van der Waals surface area contributed by atoms with Gasteiger partial charge in [0.25, 0.3) is 0 Å². The summed E-state index contributed by atoms with van der Waals surface area (Å²) in [6.07, 6.45) is 3.55. The standard InChI is InChI=1S/C26H29N9O/c1-2-20(18-23(3-1)33-14-16-36-17-15-33)24-8-9-28-25(31-24)30-21-4-6-22(7-5-21)35-19-29-26(32-35)34-12-10-27-11-13-34/h1-9,18-19,27H,10-17H2,(H,28,30,31). The number of piperazine rings is 1. The van der Waals surface area contributed by atoms with E-state index in [1.54, 1.807) is 17.2 Å². The number of hydrogen-bond donors (Lipinski definition) is 2. The molecule has 2 N–H and O–H groups in total. The van der Waals surface area contributed by atoms with Crippen molar-refractivity contribution in [2.45, 2.75) is 0 Å². The molecule has 2 aliphatic rings. The number of benzene rings is 2. The summed E-state index contributed by atoms with van der Waals surface area (Å²) in [4.78, 5) is 18.2. The molecule has 2 aliphatic heterocycles. The Hall–Kier alpha value is -4.02. The van der Waals surface area contributed by atoms with Gasteiger partial charge in [0.2, 0.25) is 11.9 Å². The van der Waals surface area contributed by atoms with Crippen LogP contribution >= 0.6 is 0 Å². The Kier molecular flexibility index (Phi) is 6.43. The van der Waals surface area contributed by atoms with Crippen molar-refractivity contribution in [1.82, 2.24) is 30.0 Å². The van der Waals surface area contributed by atoms with Gasteiger partial charge in [-0.3, -0.25) is 0 Å². The molecular formula is C26H29N9O. The SMILES string of the molecule is c1cc(-c2ccnc(Nc3ccc(-n4cnc(N5CCNCC5)n4)cc3)n2)cc(N2CCOCC2)c1. The molecule has 184 valence electrons. The van der Waals surface area contributed by atoms with Crippen LogP contribution < -0.4 is 20.4 Å². The lowest BCUT2D eigenvalue weighted by Crippen LogP contribution is -2.44. The number of rotatable bonds is 6. The van der Waals surface area contributed by atoms with E-state index in [2.05, 4.69) is 59.8 Å². The van der Waals surface area contributed by atoms with Gasteiger partial charge in [-0.2, -0.15) is 4.98 Å². The molecule has 0 spiro atoms. The van der Waals surface area contributed by atoms with Crippen LogP contribution in [0, 0.1) is 0 Å². The second-order valence-corrected chi connectivity index (χ2v) is 8.81. The Morgan fingerprint density at radius 2 is 1.67 bits per heavy atom. The zero-order valence-electron chi connectivity index (χ0n) is 20.0. The molecule has 36 heavy (non-hydrogen) atoms. The van der Waals surface area contributed by atoms with Crippen molar-refractivity contribution >= 4 is 23.3 Å². The fourth-order valence-corrected chi connectivity index (χ4v) is 4.48. The summed E-state index contributed by atoms with van der Waals surface area (Å²) in [5.74, 6) is 1.32. The largest absolute Gasteiger partial charge is 0.378 e. The first kappa shape index (κ1) is 22.4. The first-order valence-corrected chi connectivity index (χ1v) is 12.3. The van der Waals surface area contributed by atoms with Gasteiger partial charge < -0.3 is 25.2 Å². The molecule has 2 aromatic carbocycles. The Morgan fingerprint density at radius 3 is 2.50 bits per heavy atom. The summed E-state index contributed by atoms with van der Waals surface area (Å²) in [5.41, 5.74) is 4.98. The smallest absolute Gasteiger partial charge is 0.245 e. The van der Waals surface area contributed by atoms with E-state index >= 15 is 0 Å². The minimum atomic E-state index is 0.554. The number of aromatic nitrogens is 5. The molecule has 0 bridgehead atoms. The molecule has 0 atom stereocenters. The van der Waals surface area contributed by atoms with Crippen molar-refractivity contribution in [2.24, 2.45) is 0 Å². The highest BCUT2D eigenvalue weighted by atomic mass is 16.5. The van der Waals surface area contributed by atoms with E-state index < -0.39 is 0 Å². The molecule has 0 saturated carbocycles. The number of nitrogens with zero attached hydrogens (tertiary/aromatic N) is 7. The zero-order chi connectivity index (χ0) is 24.2. The third-order valence-electron chi connectivity index (χ3n) is 6.44. The normalized spacial score (nSPS) is 16.2. The molecule has 4 aromatic rings. The highest BCUT2D eigenvalue weighted by Crippen LogP contribution is 2.25. The lowest BCUT2D eigenvalue weighted by molar-refractivity contribution is 0.122. The van der Waals surface area contributed by atoms with E-state index in [4.69, 9.17) is 9.72 Å². The van der Waals surface area contributed by atoms with Crippen molar-refractivity contribution in [2.75, 3.05) is 67.6 Å². The molecule has 10 nitrogen and oxygen atoms in total. The number of morpholine rings is 1. The van der Waals surface area contributed by atoms with Crippen molar-refractivity contribution in [3.8, 4) is 16.9 Å². The maximum Gasteiger partial charge on any atom is 0.245 e. The van der Waals surface area contributed by atoms with E-state index in [-0.39, 0.29) is 0 Å². The third-order valence-corrected chi connectivity index (χ3v) is 6.44. The van der Waals surface area contributed by atoms with Gasteiger partial charge >= 0.3 is 0 Å². The molecule has 2 saturated heterocycles. The first-order chi connectivity index (χ1) is 17.8. The topological polar surface area (TPSA) is 96.3 Å². The zero-order valence-corrected chi connectivity index (χ0v) is 20.0. The molecule has 2 fully saturated rings. The van der Waals surface area contributed by atoms with Gasteiger partial charge in [-0.05, 0) is 42.5 Å². The fourth-order valence-electron chi connectivity index (χ4n) is 4.48. The summed E-state index contributed by atoms with van der Waals surface area (Å²) in [6.45, 7) is 7.09. The molecule has 0 radical (unpaired) electrons. The second-order valence-electron chi connectivity index (χ2n) is 8.81. The van der Waals surface area contributed by atoms with E-state index in [1.165, 1.54) is 5.69 Å². The van der Waals surface area contributed by atoms with Gasteiger partial charge in [-0.25, -0.2) is 14.6 Å². The molecule has 0 aliphatic carbocycles. The fraction of sp³-hybridized carbons (Fsp3) is 0.308. The molecular weight excluding hydrogens is 454 g/mol. The predicted octanol–water partition coefficient (Wildman–Crippen LogP) is 2.71. The monoisotopic (exact) mass is 483 g/mol. The minimum Gasteiger partial charge on any atom is -0.378 e. The second kappa shape index (κ2) is 10.3. The van der Waals surface area contributed by atoms with E-state index in [0.717, 1.165) is 81.1 Å². The Balaban J connectivity index is 1.15. The molecule has 10 heteroatoms. The average Bonchev–Trinajstić information content (AvgIpc) is 3.45. The molecule has 2 aromatic heterocycles. The predicted molar refractivity (Wildman–Crippen MR) is 140 cm³/mol. The van der Waals surface area contributed by atoms with E-state index in [9.17, 15) is 0 Å². The van der Waals surface area contributed by atoms with Crippen LogP contribution in [0.25, 0.3) is 16.9 Å². The average molecular weight is 484 g/mol. The highest BCUT2D eigenvalue weighted by molar-refractivity contribution is 5.67. The van der Waals surface area contributed by atoms with Gasteiger partial charge in [-0.15, -0.1) is 5.10 Å². The van der Waals surface area contributed by atoms with Gasteiger partial charge in [0.15, 0.2) is 0 Å². The highest BCUT2D eigenvalue weighted by Gasteiger charge is 2.15. The van der Waals surface area contributed by atoms with Crippen LogP contribution in [0.5, 0.6) is 0 Å². The minimum absolute atomic E-state index is 0.554. The van der Waals surface area contributed by atoms with Crippen LogP contribution in [0.15, 0.2) is 67.1 Å². The van der Waals surface area contributed by atoms with Gasteiger partial charge in [0.05, 0.1) is 24.6 Å². The molecule has 0 unspecified atom stereocenters. The van der Waals surface area contributed by atoms with Crippen molar-refractivity contribution in [3.05, 3.63) is 67.1 Å². The third kappa shape index (κ3) is 5.00. The van der Waals surface area contributed by atoms with Crippen LogP contribution in [0.4, 0.5) is 23.3 Å². The number of ether oxygens (including phenoxy) is 1.